The topological polar surface area (TPSA) is 87.5 Å². The lowest BCUT2D eigenvalue weighted by Crippen LogP contribution is -2.21. The maximum Gasteiger partial charge on any atom is 0.250 e. The number of hydrogen-bond acceptors (Lipinski definition) is 8. The second kappa shape index (κ2) is 10.4. The largest absolute Gasteiger partial charge is 0.508 e. The van der Waals surface area contributed by atoms with Gasteiger partial charge in [-0.25, -0.2) is 5.43 Å². The molecule has 0 saturated heterocycles. The van der Waals surface area contributed by atoms with Crippen LogP contribution < -0.4 is 5.43 Å². The Morgan fingerprint density at radius 3 is 2.59 bits per heavy atom. The minimum absolute atomic E-state index is 0.159. The SMILES string of the molecule is C/C(=N/NC(=O)CSc1nnc(SCc2ccc(C)cc2)s1)c1cccc(O)c1. The molecule has 0 aliphatic carbocycles. The predicted octanol–water partition coefficient (Wildman–Crippen LogP) is 4.48. The van der Waals surface area contributed by atoms with Crippen molar-refractivity contribution in [1.29, 1.82) is 0 Å². The Morgan fingerprint density at radius 1 is 1.14 bits per heavy atom. The first-order valence-electron chi connectivity index (χ1n) is 8.77. The van der Waals surface area contributed by atoms with Crippen LogP contribution in [0.4, 0.5) is 0 Å². The van der Waals surface area contributed by atoms with E-state index in [9.17, 15) is 9.90 Å². The molecule has 29 heavy (non-hydrogen) atoms. The molecule has 6 nitrogen and oxygen atoms in total. The average molecular weight is 445 g/mol. The Kier molecular flexibility index (Phi) is 7.68. The van der Waals surface area contributed by atoms with Crippen LogP contribution in [0.3, 0.4) is 0 Å². The number of hydrogen-bond donors (Lipinski definition) is 2. The Bertz CT molecular complexity index is 1000. The lowest BCUT2D eigenvalue weighted by molar-refractivity contribution is -0.118. The molecule has 3 aromatic rings. The van der Waals surface area contributed by atoms with Gasteiger partial charge >= 0.3 is 0 Å². The van der Waals surface area contributed by atoms with Gasteiger partial charge in [-0.05, 0) is 31.5 Å². The van der Waals surface area contributed by atoms with E-state index in [1.165, 1.54) is 34.2 Å². The zero-order valence-corrected chi connectivity index (χ0v) is 18.4. The number of carbonyl (C=O) groups is 1. The summed E-state index contributed by atoms with van der Waals surface area (Å²) in [5.41, 5.74) is 6.37. The third kappa shape index (κ3) is 6.88. The summed E-state index contributed by atoms with van der Waals surface area (Å²) in [5.74, 6) is 0.974. The van der Waals surface area contributed by atoms with Crippen LogP contribution in [0.1, 0.15) is 23.6 Å². The highest BCUT2D eigenvalue weighted by atomic mass is 32.2. The molecule has 0 bridgehead atoms. The van der Waals surface area contributed by atoms with E-state index in [-0.39, 0.29) is 17.4 Å². The number of phenols is 1. The summed E-state index contributed by atoms with van der Waals surface area (Å²) < 4.78 is 1.63. The molecule has 0 unspecified atom stereocenters. The number of aryl methyl sites for hydroxylation is 1. The quantitative estimate of drug-likeness (QED) is 0.303. The van der Waals surface area contributed by atoms with Crippen LogP contribution in [0.15, 0.2) is 62.3 Å². The third-order valence-electron chi connectivity index (χ3n) is 3.81. The van der Waals surface area contributed by atoms with Crippen LogP contribution in [0.2, 0.25) is 0 Å². The Hall–Kier alpha value is -2.36. The van der Waals surface area contributed by atoms with Crippen LogP contribution in [-0.2, 0) is 10.5 Å². The molecular formula is C20H20N4O2S3. The van der Waals surface area contributed by atoms with E-state index >= 15 is 0 Å². The van der Waals surface area contributed by atoms with Gasteiger partial charge in [-0.1, -0.05) is 76.8 Å². The fourth-order valence-electron chi connectivity index (χ4n) is 2.24. The summed E-state index contributed by atoms with van der Waals surface area (Å²) in [5, 5.41) is 21.9. The van der Waals surface area contributed by atoms with Crippen molar-refractivity contribution in [2.45, 2.75) is 28.3 Å². The second-order valence-corrected chi connectivity index (χ2v) is 9.60. The van der Waals surface area contributed by atoms with E-state index in [0.29, 0.717) is 5.71 Å². The maximum atomic E-state index is 12.0. The molecule has 150 valence electrons. The number of carbonyl (C=O) groups excluding carboxylic acids is 1. The molecule has 0 aliphatic heterocycles. The highest BCUT2D eigenvalue weighted by Gasteiger charge is 2.09. The van der Waals surface area contributed by atoms with Gasteiger partial charge in [0.2, 0.25) is 0 Å². The van der Waals surface area contributed by atoms with Gasteiger partial charge in [0.1, 0.15) is 5.75 Å². The third-order valence-corrected chi connectivity index (χ3v) is 7.07. The Balaban J connectivity index is 1.44. The van der Waals surface area contributed by atoms with Crippen LogP contribution >= 0.6 is 34.9 Å². The monoisotopic (exact) mass is 444 g/mol. The second-order valence-electron chi connectivity index (χ2n) is 6.18. The van der Waals surface area contributed by atoms with Crippen molar-refractivity contribution in [2.75, 3.05) is 5.75 Å². The summed E-state index contributed by atoms with van der Waals surface area (Å²) in [6, 6.07) is 15.1. The van der Waals surface area contributed by atoms with Gasteiger partial charge < -0.3 is 5.11 Å². The number of amides is 1. The van der Waals surface area contributed by atoms with Gasteiger partial charge in [-0.3, -0.25) is 4.79 Å². The highest BCUT2D eigenvalue weighted by molar-refractivity contribution is 8.03. The number of hydrazone groups is 1. The van der Waals surface area contributed by atoms with E-state index in [4.69, 9.17) is 0 Å². The van der Waals surface area contributed by atoms with Crippen LogP contribution in [-0.4, -0.2) is 32.7 Å². The number of thioether (sulfide) groups is 2. The lowest BCUT2D eigenvalue weighted by atomic mass is 10.1. The number of rotatable bonds is 8. The number of phenolic OH excluding ortho intramolecular Hbond substituents is 1. The number of aromatic nitrogens is 2. The van der Waals surface area contributed by atoms with E-state index in [1.807, 2.05) is 6.07 Å². The van der Waals surface area contributed by atoms with Crippen LogP contribution in [0.5, 0.6) is 5.75 Å². The summed E-state index contributed by atoms with van der Waals surface area (Å²) in [4.78, 5) is 12.0. The van der Waals surface area contributed by atoms with E-state index in [0.717, 1.165) is 20.0 Å². The summed E-state index contributed by atoms with van der Waals surface area (Å²) in [7, 11) is 0. The van der Waals surface area contributed by atoms with Crippen molar-refractivity contribution >= 4 is 46.5 Å². The van der Waals surface area contributed by atoms with Crippen LogP contribution in [0, 0.1) is 6.92 Å². The first-order chi connectivity index (χ1) is 14.0. The molecule has 0 spiro atoms. The number of benzene rings is 2. The molecule has 2 aromatic carbocycles. The van der Waals surface area contributed by atoms with Crippen molar-refractivity contribution in [2.24, 2.45) is 5.10 Å². The number of nitrogens with one attached hydrogen (secondary N) is 1. The van der Waals surface area contributed by atoms with Gasteiger partial charge in [0, 0.05) is 11.3 Å². The molecule has 2 N–H and O–H groups in total. The molecule has 9 heteroatoms. The maximum absolute atomic E-state index is 12.0. The number of aromatic hydroxyl groups is 1. The Morgan fingerprint density at radius 2 is 1.86 bits per heavy atom. The molecular weight excluding hydrogens is 424 g/mol. The fourth-order valence-corrected chi connectivity index (χ4v) is 5.01. The predicted molar refractivity (Wildman–Crippen MR) is 120 cm³/mol. The molecule has 1 aromatic heterocycles. The molecule has 3 rings (SSSR count). The molecule has 0 saturated carbocycles. The summed E-state index contributed by atoms with van der Waals surface area (Å²) >= 11 is 4.45. The standard InChI is InChI=1S/C20H20N4O2S3/c1-13-6-8-15(9-7-13)11-27-19-23-24-20(29-19)28-12-18(26)22-21-14(2)16-4-3-5-17(25)10-16/h3-10,25H,11-12H2,1-2H3,(H,22,26)/b21-14-. The molecule has 1 amide bonds. The zero-order chi connectivity index (χ0) is 20.6. The summed E-state index contributed by atoms with van der Waals surface area (Å²) in [6.07, 6.45) is 0. The van der Waals surface area contributed by atoms with Crippen molar-refractivity contribution < 1.29 is 9.90 Å². The average Bonchev–Trinajstić information content (AvgIpc) is 3.18. The minimum Gasteiger partial charge on any atom is -0.508 e. The molecule has 0 fully saturated rings. The Labute approximate surface area is 181 Å². The van der Waals surface area contributed by atoms with Crippen molar-refractivity contribution in [3.63, 3.8) is 0 Å². The molecule has 1 heterocycles. The molecule has 0 atom stereocenters. The van der Waals surface area contributed by atoms with Crippen molar-refractivity contribution in [1.82, 2.24) is 15.6 Å². The highest BCUT2D eigenvalue weighted by Crippen LogP contribution is 2.30. The smallest absolute Gasteiger partial charge is 0.250 e. The first-order valence-corrected chi connectivity index (χ1v) is 11.6. The number of nitrogens with zero attached hydrogens (tertiary/aromatic N) is 3. The van der Waals surface area contributed by atoms with Crippen LogP contribution in [0.25, 0.3) is 0 Å². The zero-order valence-electron chi connectivity index (χ0n) is 16.0. The molecule has 0 aliphatic rings. The molecule has 0 radical (unpaired) electrons. The fraction of sp³-hybridized carbons (Fsp3) is 0.200. The lowest BCUT2D eigenvalue weighted by Gasteiger charge is -2.02. The first kappa shape index (κ1) is 21.4. The van der Waals surface area contributed by atoms with E-state index < -0.39 is 0 Å². The van der Waals surface area contributed by atoms with E-state index in [1.54, 1.807) is 36.9 Å². The minimum atomic E-state index is -0.224. The summed E-state index contributed by atoms with van der Waals surface area (Å²) in [6.45, 7) is 3.84. The van der Waals surface area contributed by atoms with Gasteiger partial charge in [-0.2, -0.15) is 5.10 Å². The normalized spacial score (nSPS) is 11.4. The van der Waals surface area contributed by atoms with Gasteiger partial charge in [0.25, 0.3) is 5.91 Å². The van der Waals surface area contributed by atoms with Gasteiger partial charge in [-0.15, -0.1) is 10.2 Å². The van der Waals surface area contributed by atoms with Gasteiger partial charge in [0.15, 0.2) is 8.68 Å². The van der Waals surface area contributed by atoms with E-state index in [2.05, 4.69) is 51.9 Å². The van der Waals surface area contributed by atoms with Crippen molar-refractivity contribution in [3.8, 4) is 5.75 Å². The van der Waals surface area contributed by atoms with Crippen molar-refractivity contribution in [3.05, 3.63) is 65.2 Å². The van der Waals surface area contributed by atoms with Gasteiger partial charge in [0.05, 0.1) is 11.5 Å².